The van der Waals surface area contributed by atoms with E-state index in [-0.39, 0.29) is 22.8 Å². The number of benzene rings is 2. The molecular formula is C23H17ClN8O4. The van der Waals surface area contributed by atoms with Crippen molar-refractivity contribution in [3.8, 4) is 11.3 Å². The second-order valence-corrected chi connectivity index (χ2v) is 8.16. The van der Waals surface area contributed by atoms with Gasteiger partial charge in [-0.1, -0.05) is 17.7 Å². The van der Waals surface area contributed by atoms with Gasteiger partial charge in [0.15, 0.2) is 11.6 Å². The fourth-order valence-corrected chi connectivity index (χ4v) is 3.51. The van der Waals surface area contributed by atoms with E-state index in [0.717, 1.165) is 16.8 Å². The van der Waals surface area contributed by atoms with Gasteiger partial charge in [-0.3, -0.25) is 15.5 Å². The first-order chi connectivity index (χ1) is 17.4. The normalized spacial score (nSPS) is 11.3. The van der Waals surface area contributed by atoms with Crippen LogP contribution < -0.4 is 10.7 Å². The molecule has 5 aromatic rings. The van der Waals surface area contributed by atoms with Crippen LogP contribution in [0.25, 0.3) is 22.6 Å². The van der Waals surface area contributed by atoms with Gasteiger partial charge in [-0.15, -0.1) is 0 Å². The number of hydrogen-bond donors (Lipinski definition) is 2. The zero-order valence-corrected chi connectivity index (χ0v) is 19.6. The molecule has 0 aliphatic carbocycles. The molecule has 13 heteroatoms. The lowest BCUT2D eigenvalue weighted by Gasteiger charge is -2.10. The lowest BCUT2D eigenvalue weighted by Crippen LogP contribution is -2.03. The number of aromatic nitrogens is 4. The topological polar surface area (TPSA) is 157 Å². The van der Waals surface area contributed by atoms with Crippen LogP contribution in [0.4, 0.5) is 23.0 Å². The van der Waals surface area contributed by atoms with Gasteiger partial charge in [-0.25, -0.2) is 9.61 Å². The van der Waals surface area contributed by atoms with Crippen LogP contribution in [0.5, 0.6) is 0 Å². The van der Waals surface area contributed by atoms with Gasteiger partial charge in [0.1, 0.15) is 11.5 Å². The zero-order valence-electron chi connectivity index (χ0n) is 18.9. The van der Waals surface area contributed by atoms with Crippen LogP contribution >= 0.6 is 11.6 Å². The first-order valence-corrected chi connectivity index (χ1v) is 10.9. The Morgan fingerprint density at radius 1 is 1.00 bits per heavy atom. The molecule has 36 heavy (non-hydrogen) atoms. The third-order valence-electron chi connectivity index (χ3n) is 5.30. The van der Waals surface area contributed by atoms with Crippen molar-refractivity contribution in [2.24, 2.45) is 5.10 Å². The maximum Gasteiger partial charge on any atom is 0.270 e. The second kappa shape index (κ2) is 9.43. The highest BCUT2D eigenvalue weighted by atomic mass is 35.5. The minimum Gasteiger partial charge on any atom is -0.455 e. The summed E-state index contributed by atoms with van der Waals surface area (Å²) in [5.41, 5.74) is 6.65. The minimum absolute atomic E-state index is 0.0946. The van der Waals surface area contributed by atoms with Crippen LogP contribution in [0.15, 0.2) is 62.7 Å². The molecule has 0 radical (unpaired) electrons. The Hall–Kier alpha value is -4.84. The SMILES string of the molecule is Cc1ccc(Nc2nc3nonc3nc2NN=Cc2ccc(-c3cc([N+](=O)[O-])ccc3Cl)o2)cc1C. The summed E-state index contributed by atoms with van der Waals surface area (Å²) in [7, 11) is 0. The molecule has 3 heterocycles. The van der Waals surface area contributed by atoms with Gasteiger partial charge in [0, 0.05) is 23.4 Å². The van der Waals surface area contributed by atoms with E-state index >= 15 is 0 Å². The molecule has 5 rings (SSSR count). The summed E-state index contributed by atoms with van der Waals surface area (Å²) in [6, 6.07) is 13.3. The molecule has 0 atom stereocenters. The molecule has 0 amide bonds. The molecule has 0 bridgehead atoms. The number of non-ortho nitro benzene ring substituents is 1. The van der Waals surface area contributed by atoms with Crippen LogP contribution in [-0.2, 0) is 0 Å². The highest BCUT2D eigenvalue weighted by Crippen LogP contribution is 2.32. The van der Waals surface area contributed by atoms with Crippen LogP contribution in [0.1, 0.15) is 16.9 Å². The van der Waals surface area contributed by atoms with Crippen LogP contribution in [0, 0.1) is 24.0 Å². The number of halogens is 1. The van der Waals surface area contributed by atoms with Gasteiger partial charge in [0.05, 0.1) is 16.2 Å². The fourth-order valence-electron chi connectivity index (χ4n) is 3.30. The third-order valence-corrected chi connectivity index (χ3v) is 5.63. The van der Waals surface area contributed by atoms with E-state index in [1.165, 1.54) is 24.4 Å². The predicted octanol–water partition coefficient (Wildman–Crippen LogP) is 5.64. The summed E-state index contributed by atoms with van der Waals surface area (Å²) in [4.78, 5) is 19.4. The first-order valence-electron chi connectivity index (χ1n) is 10.6. The van der Waals surface area contributed by atoms with Crippen LogP contribution in [0.2, 0.25) is 5.02 Å². The maximum atomic E-state index is 11.1. The summed E-state index contributed by atoms with van der Waals surface area (Å²) in [5.74, 6) is 1.38. The lowest BCUT2D eigenvalue weighted by atomic mass is 10.1. The molecule has 2 aromatic carbocycles. The number of fused-ring (bicyclic) bond motifs is 1. The Labute approximate surface area is 208 Å². The van der Waals surface area contributed by atoms with E-state index in [2.05, 4.69) is 36.1 Å². The minimum atomic E-state index is -0.499. The second-order valence-electron chi connectivity index (χ2n) is 7.75. The van der Waals surface area contributed by atoms with Gasteiger partial charge in [0.2, 0.25) is 11.3 Å². The summed E-state index contributed by atoms with van der Waals surface area (Å²) < 4.78 is 10.5. The average molecular weight is 505 g/mol. The van der Waals surface area contributed by atoms with E-state index < -0.39 is 4.92 Å². The molecule has 0 fully saturated rings. The quantitative estimate of drug-likeness (QED) is 0.161. The van der Waals surface area contributed by atoms with E-state index in [0.29, 0.717) is 27.9 Å². The number of nitrogens with zero attached hydrogens (tertiary/aromatic N) is 6. The van der Waals surface area contributed by atoms with Crippen molar-refractivity contribution in [1.29, 1.82) is 0 Å². The van der Waals surface area contributed by atoms with Crippen LogP contribution in [0.3, 0.4) is 0 Å². The zero-order chi connectivity index (χ0) is 25.2. The molecule has 0 saturated carbocycles. The van der Waals surface area contributed by atoms with Crippen molar-refractivity contribution < 1.29 is 14.0 Å². The molecular weight excluding hydrogens is 488 g/mol. The standard InChI is InChI=1S/C23H17ClN8O4/c1-12-3-4-14(9-13(12)2)26-20-21(28-23-22(27-20)30-36-31-23)29-25-11-16-6-8-19(35-16)17-10-15(32(33)34)5-7-18(17)24/h3-11H,1-2H3,(H,26,27,30)(H,28,29,31). The molecule has 0 aliphatic rings. The summed E-state index contributed by atoms with van der Waals surface area (Å²) in [5, 5.41) is 26.3. The number of rotatable bonds is 7. The third kappa shape index (κ3) is 4.70. The van der Waals surface area contributed by atoms with Crippen molar-refractivity contribution in [3.05, 3.63) is 80.6 Å². The Bertz CT molecular complexity index is 1630. The highest BCUT2D eigenvalue weighted by molar-refractivity contribution is 6.33. The maximum absolute atomic E-state index is 11.1. The van der Waals surface area contributed by atoms with Gasteiger partial charge >= 0.3 is 0 Å². The van der Waals surface area contributed by atoms with Gasteiger partial charge in [-0.05, 0) is 65.6 Å². The number of nitro benzene ring substituents is 1. The molecule has 0 unspecified atom stereocenters. The highest BCUT2D eigenvalue weighted by Gasteiger charge is 2.15. The Balaban J connectivity index is 1.39. The average Bonchev–Trinajstić information content (AvgIpc) is 3.51. The molecule has 180 valence electrons. The Morgan fingerprint density at radius 3 is 2.53 bits per heavy atom. The number of aryl methyl sites for hydroxylation is 2. The molecule has 0 saturated heterocycles. The smallest absolute Gasteiger partial charge is 0.270 e. The monoisotopic (exact) mass is 504 g/mol. The largest absolute Gasteiger partial charge is 0.455 e. The van der Waals surface area contributed by atoms with E-state index in [4.69, 9.17) is 20.6 Å². The van der Waals surface area contributed by atoms with Crippen molar-refractivity contribution >= 4 is 52.1 Å². The summed E-state index contributed by atoms with van der Waals surface area (Å²) >= 11 is 6.20. The first kappa shape index (κ1) is 22.9. The Kier molecular flexibility index (Phi) is 6.00. The van der Waals surface area contributed by atoms with Crippen molar-refractivity contribution in [2.45, 2.75) is 13.8 Å². The molecule has 0 aliphatic heterocycles. The number of anilines is 3. The number of nitrogens with one attached hydrogen (secondary N) is 2. The van der Waals surface area contributed by atoms with Gasteiger partial charge < -0.3 is 9.73 Å². The number of hydrogen-bond acceptors (Lipinski definition) is 11. The number of furan rings is 1. The van der Waals surface area contributed by atoms with E-state index in [1.54, 1.807) is 12.1 Å². The van der Waals surface area contributed by atoms with Gasteiger partial charge in [-0.2, -0.15) is 10.1 Å². The molecule has 3 aromatic heterocycles. The van der Waals surface area contributed by atoms with E-state index in [1.807, 2.05) is 32.0 Å². The van der Waals surface area contributed by atoms with Crippen LogP contribution in [-0.4, -0.2) is 31.4 Å². The Morgan fingerprint density at radius 2 is 1.78 bits per heavy atom. The predicted molar refractivity (Wildman–Crippen MR) is 134 cm³/mol. The van der Waals surface area contributed by atoms with Gasteiger partial charge in [0.25, 0.3) is 5.69 Å². The lowest BCUT2D eigenvalue weighted by molar-refractivity contribution is -0.384. The summed E-state index contributed by atoms with van der Waals surface area (Å²) in [6.07, 6.45) is 1.42. The number of hydrazone groups is 1. The molecule has 0 spiro atoms. The molecule has 12 nitrogen and oxygen atoms in total. The summed E-state index contributed by atoms with van der Waals surface area (Å²) in [6.45, 7) is 4.04. The van der Waals surface area contributed by atoms with E-state index in [9.17, 15) is 10.1 Å². The van der Waals surface area contributed by atoms with Crippen molar-refractivity contribution in [2.75, 3.05) is 10.7 Å². The van der Waals surface area contributed by atoms with Crippen molar-refractivity contribution in [3.63, 3.8) is 0 Å². The van der Waals surface area contributed by atoms with Crippen molar-refractivity contribution in [1.82, 2.24) is 20.3 Å². The number of nitro groups is 1. The molecule has 2 N–H and O–H groups in total. The fraction of sp³-hybridized carbons (Fsp3) is 0.0870.